The molecule has 2 heterocycles. The van der Waals surface area contributed by atoms with Gasteiger partial charge in [-0.15, -0.1) is 0 Å². The molecule has 1 aromatic heterocycles. The van der Waals surface area contributed by atoms with Crippen molar-refractivity contribution in [2.45, 2.75) is 12.1 Å². The van der Waals surface area contributed by atoms with Gasteiger partial charge >= 0.3 is 5.97 Å². The van der Waals surface area contributed by atoms with E-state index >= 15 is 0 Å². The van der Waals surface area contributed by atoms with Gasteiger partial charge in [-0.05, 0) is 18.2 Å². The Labute approximate surface area is 136 Å². The van der Waals surface area contributed by atoms with Crippen molar-refractivity contribution in [2.75, 3.05) is 13.1 Å². The molecule has 0 spiro atoms. The highest BCUT2D eigenvalue weighted by atomic mass is 35.5. The fourth-order valence-electron chi connectivity index (χ4n) is 2.50. The predicted octanol–water partition coefficient (Wildman–Crippen LogP) is 2.16. The van der Waals surface area contributed by atoms with Gasteiger partial charge in [0.1, 0.15) is 0 Å². The van der Waals surface area contributed by atoms with E-state index in [-0.39, 0.29) is 18.5 Å². The third-order valence-corrected chi connectivity index (χ3v) is 4.03. The molecular weight excluding hydrogens is 325 g/mol. The number of carboxylic acid groups (broad SMARTS) is 1. The van der Waals surface area contributed by atoms with E-state index in [4.69, 9.17) is 16.7 Å². The van der Waals surface area contributed by atoms with Crippen LogP contribution >= 0.6 is 11.6 Å². The number of halogens is 2. The highest BCUT2D eigenvalue weighted by molar-refractivity contribution is 6.30. The van der Waals surface area contributed by atoms with Gasteiger partial charge in [0.15, 0.2) is 0 Å². The van der Waals surface area contributed by atoms with Crippen molar-refractivity contribution in [2.24, 2.45) is 0 Å². The number of carbonyl (C=O) groups excluding carboxylic acids is 1. The monoisotopic (exact) mass is 337 g/mol. The Hall–Kier alpha value is -2.41. The summed E-state index contributed by atoms with van der Waals surface area (Å²) in [5.74, 6) is -1.98. The summed E-state index contributed by atoms with van der Waals surface area (Å²) < 4.78 is 15.5. The number of amides is 1. The van der Waals surface area contributed by atoms with Crippen LogP contribution in [0.25, 0.3) is 5.69 Å². The van der Waals surface area contributed by atoms with E-state index in [0.717, 1.165) is 0 Å². The first kappa shape index (κ1) is 15.5. The molecule has 1 fully saturated rings. The zero-order chi connectivity index (χ0) is 16.6. The standard InChI is InChI=1S/C15H13ClFN3O3/c16-11-2-1-3-12(6-11)20-8-10(7-18-20)13(21)19-5-4-15(17,9-19)14(22)23/h1-3,6-8H,4-5,9H2,(H,22,23). The lowest BCUT2D eigenvalue weighted by Crippen LogP contribution is -2.38. The van der Waals surface area contributed by atoms with Crippen molar-refractivity contribution in [1.82, 2.24) is 14.7 Å². The Balaban J connectivity index is 1.79. The number of hydrogen-bond donors (Lipinski definition) is 1. The zero-order valence-corrected chi connectivity index (χ0v) is 12.7. The summed E-state index contributed by atoms with van der Waals surface area (Å²) in [6.45, 7) is -0.395. The summed E-state index contributed by atoms with van der Waals surface area (Å²) >= 11 is 5.92. The topological polar surface area (TPSA) is 75.4 Å². The molecule has 1 saturated heterocycles. The van der Waals surface area contributed by atoms with Crippen LogP contribution in [-0.4, -0.2) is 50.4 Å². The summed E-state index contributed by atoms with van der Waals surface area (Å²) in [5.41, 5.74) is -1.43. The number of hydrogen-bond acceptors (Lipinski definition) is 3. The van der Waals surface area contributed by atoms with Crippen molar-refractivity contribution < 1.29 is 19.1 Å². The van der Waals surface area contributed by atoms with Crippen LogP contribution in [-0.2, 0) is 4.79 Å². The molecule has 1 aliphatic heterocycles. The quantitative estimate of drug-likeness (QED) is 0.931. The average molecular weight is 338 g/mol. The second-order valence-corrected chi connectivity index (χ2v) is 5.84. The molecule has 0 radical (unpaired) electrons. The number of benzene rings is 1. The van der Waals surface area contributed by atoms with Gasteiger partial charge in [-0.2, -0.15) is 5.10 Å². The van der Waals surface area contributed by atoms with E-state index in [2.05, 4.69) is 5.10 Å². The van der Waals surface area contributed by atoms with Crippen molar-refractivity contribution >= 4 is 23.5 Å². The molecule has 0 aliphatic carbocycles. The minimum Gasteiger partial charge on any atom is -0.479 e. The van der Waals surface area contributed by atoms with Crippen LogP contribution in [0.5, 0.6) is 0 Å². The third kappa shape index (κ3) is 2.92. The van der Waals surface area contributed by atoms with Crippen LogP contribution < -0.4 is 0 Å². The van der Waals surface area contributed by atoms with Crippen LogP contribution in [0.15, 0.2) is 36.7 Å². The highest BCUT2D eigenvalue weighted by Crippen LogP contribution is 2.27. The molecule has 1 atom stereocenters. The molecule has 2 aromatic rings. The van der Waals surface area contributed by atoms with E-state index < -0.39 is 24.1 Å². The van der Waals surface area contributed by atoms with Crippen molar-refractivity contribution in [3.63, 3.8) is 0 Å². The fourth-order valence-corrected chi connectivity index (χ4v) is 2.68. The molecule has 1 N–H and O–H groups in total. The average Bonchev–Trinajstić information content (AvgIpc) is 3.14. The number of rotatable bonds is 3. The SMILES string of the molecule is O=C(c1cnn(-c2cccc(Cl)c2)c1)N1CCC(F)(C(=O)O)C1. The Kier molecular flexibility index (Phi) is 3.81. The molecule has 6 nitrogen and oxygen atoms in total. The smallest absolute Gasteiger partial charge is 0.343 e. The molecule has 23 heavy (non-hydrogen) atoms. The lowest BCUT2D eigenvalue weighted by molar-refractivity contribution is -0.149. The summed E-state index contributed by atoms with van der Waals surface area (Å²) in [6.07, 6.45) is 2.66. The Morgan fingerprint density at radius 2 is 2.17 bits per heavy atom. The largest absolute Gasteiger partial charge is 0.479 e. The minimum absolute atomic E-state index is 0.0595. The van der Waals surface area contributed by atoms with Crippen molar-refractivity contribution in [3.05, 3.63) is 47.2 Å². The van der Waals surface area contributed by atoms with Crippen LogP contribution in [0, 0.1) is 0 Å². The highest BCUT2D eigenvalue weighted by Gasteiger charge is 2.47. The number of aliphatic carboxylic acids is 1. The summed E-state index contributed by atoms with van der Waals surface area (Å²) in [4.78, 5) is 24.5. The first-order chi connectivity index (χ1) is 10.9. The van der Waals surface area contributed by atoms with Gasteiger partial charge in [0.05, 0.1) is 24.0 Å². The number of alkyl halides is 1. The molecule has 120 valence electrons. The maximum absolute atomic E-state index is 14.0. The van der Waals surface area contributed by atoms with Crippen LogP contribution in [0.4, 0.5) is 4.39 Å². The molecule has 1 unspecified atom stereocenters. The first-order valence-corrected chi connectivity index (χ1v) is 7.29. The van der Waals surface area contributed by atoms with Gasteiger partial charge < -0.3 is 10.0 Å². The summed E-state index contributed by atoms with van der Waals surface area (Å²) in [5, 5.41) is 13.5. The second-order valence-electron chi connectivity index (χ2n) is 5.40. The van der Waals surface area contributed by atoms with Gasteiger partial charge in [-0.25, -0.2) is 13.9 Å². The zero-order valence-electron chi connectivity index (χ0n) is 11.9. The lowest BCUT2D eigenvalue weighted by atomic mass is 10.1. The normalized spacial score (nSPS) is 20.7. The van der Waals surface area contributed by atoms with E-state index in [1.54, 1.807) is 24.3 Å². The number of aromatic nitrogens is 2. The maximum Gasteiger partial charge on any atom is 0.343 e. The van der Waals surface area contributed by atoms with Gasteiger partial charge in [0.25, 0.3) is 5.91 Å². The second kappa shape index (κ2) is 5.66. The Morgan fingerprint density at radius 1 is 1.39 bits per heavy atom. The maximum atomic E-state index is 14.0. The fraction of sp³-hybridized carbons (Fsp3) is 0.267. The van der Waals surface area contributed by atoms with E-state index in [9.17, 15) is 14.0 Å². The number of carboxylic acids is 1. The molecule has 3 rings (SSSR count). The minimum atomic E-state index is -2.38. The van der Waals surface area contributed by atoms with Gasteiger partial charge in [-0.3, -0.25) is 4.79 Å². The molecule has 1 aliphatic rings. The van der Waals surface area contributed by atoms with Crippen LogP contribution in [0.3, 0.4) is 0 Å². The van der Waals surface area contributed by atoms with E-state index in [1.807, 2.05) is 0 Å². The molecule has 1 aromatic carbocycles. The molecule has 0 bridgehead atoms. The van der Waals surface area contributed by atoms with Crippen LogP contribution in [0.2, 0.25) is 5.02 Å². The molecule has 1 amide bonds. The van der Waals surface area contributed by atoms with Gasteiger partial charge in [0.2, 0.25) is 5.67 Å². The van der Waals surface area contributed by atoms with E-state index in [1.165, 1.54) is 22.0 Å². The summed E-state index contributed by atoms with van der Waals surface area (Å²) in [6, 6.07) is 6.94. The molecule has 0 saturated carbocycles. The third-order valence-electron chi connectivity index (χ3n) is 3.79. The lowest BCUT2D eigenvalue weighted by Gasteiger charge is -2.16. The number of nitrogens with zero attached hydrogens (tertiary/aromatic N) is 3. The van der Waals surface area contributed by atoms with Gasteiger partial charge in [0, 0.05) is 24.2 Å². The van der Waals surface area contributed by atoms with E-state index in [0.29, 0.717) is 10.7 Å². The Bertz CT molecular complexity index is 779. The number of carbonyl (C=O) groups is 2. The summed E-state index contributed by atoms with van der Waals surface area (Å²) in [7, 11) is 0. The van der Waals surface area contributed by atoms with Crippen LogP contribution in [0.1, 0.15) is 16.8 Å². The molecule has 8 heteroatoms. The first-order valence-electron chi connectivity index (χ1n) is 6.91. The predicted molar refractivity (Wildman–Crippen MR) is 80.6 cm³/mol. The van der Waals surface area contributed by atoms with Crippen molar-refractivity contribution in [3.8, 4) is 5.69 Å². The Morgan fingerprint density at radius 3 is 2.83 bits per heavy atom. The number of likely N-dealkylation sites (tertiary alicyclic amines) is 1. The molecular formula is C15H13ClFN3O3. The van der Waals surface area contributed by atoms with Gasteiger partial charge in [-0.1, -0.05) is 17.7 Å². The van der Waals surface area contributed by atoms with Crippen molar-refractivity contribution in [1.29, 1.82) is 0 Å².